The zero-order chi connectivity index (χ0) is 15.2. The minimum Gasteiger partial charge on any atom is -0.385 e. The summed E-state index contributed by atoms with van der Waals surface area (Å²) in [5, 5.41) is 7.14. The average molecular weight is 303 g/mol. The van der Waals surface area contributed by atoms with Gasteiger partial charge in [0, 0.05) is 44.5 Å². The zero-order valence-electron chi connectivity index (χ0n) is 13.7. The Morgan fingerprint density at radius 3 is 3.05 bits per heavy atom. The molecule has 2 heterocycles. The van der Waals surface area contributed by atoms with E-state index >= 15 is 0 Å². The number of hydrogen-bond acceptors (Lipinski definition) is 4. The standard InChI is InChI=1S/C18H29N3O/c1-15(19-7-8-21-9-11-22-12-10-21)13-16-4-5-18-17(14-16)3-2-6-20-18/h4-5,14-15,19-20H,2-3,6-13H2,1H3. The molecular formula is C18H29N3O. The van der Waals surface area contributed by atoms with E-state index in [1.54, 1.807) is 0 Å². The second-order valence-corrected chi connectivity index (χ2v) is 6.54. The largest absolute Gasteiger partial charge is 0.385 e. The third-order valence-corrected chi connectivity index (χ3v) is 4.67. The smallest absolute Gasteiger partial charge is 0.0594 e. The summed E-state index contributed by atoms with van der Waals surface area (Å²) < 4.78 is 5.38. The molecule has 0 aromatic heterocycles. The Bertz CT molecular complexity index is 471. The van der Waals surface area contributed by atoms with Crippen molar-refractivity contribution in [3.05, 3.63) is 29.3 Å². The van der Waals surface area contributed by atoms with Crippen LogP contribution in [0.1, 0.15) is 24.5 Å². The lowest BCUT2D eigenvalue weighted by Gasteiger charge is -2.27. The number of hydrogen-bond donors (Lipinski definition) is 2. The highest BCUT2D eigenvalue weighted by Crippen LogP contribution is 2.23. The van der Waals surface area contributed by atoms with Crippen LogP contribution in [0.25, 0.3) is 0 Å². The lowest BCUT2D eigenvalue weighted by Crippen LogP contribution is -2.42. The van der Waals surface area contributed by atoms with Gasteiger partial charge in [-0.15, -0.1) is 0 Å². The molecule has 2 aliphatic rings. The van der Waals surface area contributed by atoms with E-state index in [1.807, 2.05) is 0 Å². The van der Waals surface area contributed by atoms with Crippen LogP contribution in [0.4, 0.5) is 5.69 Å². The van der Waals surface area contributed by atoms with E-state index in [0.717, 1.165) is 52.4 Å². The molecule has 122 valence electrons. The first-order chi connectivity index (χ1) is 10.8. The van der Waals surface area contributed by atoms with Gasteiger partial charge in [-0.25, -0.2) is 0 Å². The molecule has 1 saturated heterocycles. The van der Waals surface area contributed by atoms with Gasteiger partial charge in [0.05, 0.1) is 13.2 Å². The number of ether oxygens (including phenoxy) is 1. The lowest BCUT2D eigenvalue weighted by atomic mass is 9.98. The highest BCUT2D eigenvalue weighted by Gasteiger charge is 2.12. The van der Waals surface area contributed by atoms with Crippen LogP contribution in [0.5, 0.6) is 0 Å². The van der Waals surface area contributed by atoms with Crippen molar-refractivity contribution in [2.75, 3.05) is 51.3 Å². The summed E-state index contributed by atoms with van der Waals surface area (Å²) in [6, 6.07) is 7.44. The highest BCUT2D eigenvalue weighted by molar-refractivity contribution is 5.54. The molecule has 1 aromatic carbocycles. The van der Waals surface area contributed by atoms with Gasteiger partial charge < -0.3 is 15.4 Å². The van der Waals surface area contributed by atoms with Gasteiger partial charge in [0.2, 0.25) is 0 Å². The Hall–Kier alpha value is -1.10. The van der Waals surface area contributed by atoms with Crippen molar-refractivity contribution in [1.82, 2.24) is 10.2 Å². The SMILES string of the molecule is CC(Cc1ccc2c(c1)CCCN2)NCCN1CCOCC1. The molecule has 0 radical (unpaired) electrons. The van der Waals surface area contributed by atoms with E-state index in [4.69, 9.17) is 4.74 Å². The van der Waals surface area contributed by atoms with E-state index < -0.39 is 0 Å². The van der Waals surface area contributed by atoms with Gasteiger partial charge in [0.25, 0.3) is 0 Å². The quantitative estimate of drug-likeness (QED) is 0.841. The number of nitrogens with one attached hydrogen (secondary N) is 2. The summed E-state index contributed by atoms with van der Waals surface area (Å²) in [6.07, 6.45) is 3.58. The fourth-order valence-corrected chi connectivity index (χ4v) is 3.37. The Balaban J connectivity index is 1.42. The molecule has 4 heteroatoms. The predicted molar refractivity (Wildman–Crippen MR) is 91.7 cm³/mol. The van der Waals surface area contributed by atoms with E-state index in [-0.39, 0.29) is 0 Å². The minimum absolute atomic E-state index is 0.524. The van der Waals surface area contributed by atoms with Crippen LogP contribution < -0.4 is 10.6 Å². The monoisotopic (exact) mass is 303 g/mol. The molecule has 0 amide bonds. The van der Waals surface area contributed by atoms with Crippen molar-refractivity contribution < 1.29 is 4.74 Å². The van der Waals surface area contributed by atoms with E-state index in [0.29, 0.717) is 6.04 Å². The number of anilines is 1. The van der Waals surface area contributed by atoms with Crippen LogP contribution in [0.2, 0.25) is 0 Å². The number of morpholine rings is 1. The maximum absolute atomic E-state index is 5.38. The van der Waals surface area contributed by atoms with Crippen LogP contribution in [0.3, 0.4) is 0 Å². The first-order valence-electron chi connectivity index (χ1n) is 8.70. The Labute approximate surface area is 134 Å². The molecule has 4 nitrogen and oxygen atoms in total. The first kappa shape index (κ1) is 15.8. The minimum atomic E-state index is 0.524. The maximum atomic E-state index is 5.38. The summed E-state index contributed by atoms with van der Waals surface area (Å²) in [6.45, 7) is 9.53. The van der Waals surface area contributed by atoms with Crippen LogP contribution in [0.15, 0.2) is 18.2 Å². The third-order valence-electron chi connectivity index (χ3n) is 4.67. The maximum Gasteiger partial charge on any atom is 0.0594 e. The molecule has 0 spiro atoms. The van der Waals surface area contributed by atoms with Gasteiger partial charge in [-0.05, 0) is 43.4 Å². The number of nitrogens with zero attached hydrogens (tertiary/aromatic N) is 1. The molecule has 1 aromatic rings. The molecule has 2 aliphatic heterocycles. The van der Waals surface area contributed by atoms with Crippen molar-refractivity contribution in [3.63, 3.8) is 0 Å². The lowest BCUT2D eigenvalue weighted by molar-refractivity contribution is 0.0382. The fraction of sp³-hybridized carbons (Fsp3) is 0.667. The topological polar surface area (TPSA) is 36.5 Å². The van der Waals surface area contributed by atoms with E-state index in [2.05, 4.69) is 40.7 Å². The van der Waals surface area contributed by atoms with Crippen molar-refractivity contribution in [1.29, 1.82) is 0 Å². The Morgan fingerprint density at radius 1 is 1.32 bits per heavy atom. The molecule has 1 fully saturated rings. The normalized spacial score (nSPS) is 20.2. The zero-order valence-corrected chi connectivity index (χ0v) is 13.7. The number of fused-ring (bicyclic) bond motifs is 1. The summed E-state index contributed by atoms with van der Waals surface area (Å²) >= 11 is 0. The summed E-state index contributed by atoms with van der Waals surface area (Å²) in [4.78, 5) is 2.48. The molecular weight excluding hydrogens is 274 g/mol. The van der Waals surface area contributed by atoms with E-state index in [1.165, 1.54) is 29.7 Å². The Morgan fingerprint density at radius 2 is 2.18 bits per heavy atom. The molecule has 1 unspecified atom stereocenters. The fourth-order valence-electron chi connectivity index (χ4n) is 3.37. The van der Waals surface area contributed by atoms with Gasteiger partial charge in [-0.2, -0.15) is 0 Å². The molecule has 0 aliphatic carbocycles. The van der Waals surface area contributed by atoms with Crippen LogP contribution >= 0.6 is 0 Å². The second-order valence-electron chi connectivity index (χ2n) is 6.54. The molecule has 3 rings (SSSR count). The van der Waals surface area contributed by atoms with Gasteiger partial charge in [-0.3, -0.25) is 4.90 Å². The number of rotatable bonds is 6. The Kier molecular flexibility index (Phi) is 5.70. The average Bonchev–Trinajstić information content (AvgIpc) is 2.56. The number of benzene rings is 1. The van der Waals surface area contributed by atoms with Gasteiger partial charge in [0.1, 0.15) is 0 Å². The van der Waals surface area contributed by atoms with Crippen LogP contribution in [-0.4, -0.2) is 56.9 Å². The predicted octanol–water partition coefficient (Wildman–Crippen LogP) is 1.90. The van der Waals surface area contributed by atoms with Crippen molar-refractivity contribution in [2.24, 2.45) is 0 Å². The van der Waals surface area contributed by atoms with Gasteiger partial charge in [0.15, 0.2) is 0 Å². The highest BCUT2D eigenvalue weighted by atomic mass is 16.5. The first-order valence-corrected chi connectivity index (χ1v) is 8.70. The molecule has 1 atom stereocenters. The third kappa shape index (κ3) is 4.45. The van der Waals surface area contributed by atoms with Crippen LogP contribution in [-0.2, 0) is 17.6 Å². The number of aryl methyl sites for hydroxylation is 1. The van der Waals surface area contributed by atoms with Gasteiger partial charge in [-0.1, -0.05) is 12.1 Å². The van der Waals surface area contributed by atoms with Crippen molar-refractivity contribution in [3.8, 4) is 0 Å². The summed E-state index contributed by atoms with van der Waals surface area (Å²) in [5.41, 5.74) is 4.28. The molecule has 22 heavy (non-hydrogen) atoms. The van der Waals surface area contributed by atoms with Crippen LogP contribution in [0, 0.1) is 0 Å². The summed E-state index contributed by atoms with van der Waals surface area (Å²) in [5.74, 6) is 0. The molecule has 0 saturated carbocycles. The van der Waals surface area contributed by atoms with Crippen molar-refractivity contribution >= 4 is 5.69 Å². The molecule has 0 bridgehead atoms. The molecule has 2 N–H and O–H groups in total. The van der Waals surface area contributed by atoms with Gasteiger partial charge >= 0.3 is 0 Å². The summed E-state index contributed by atoms with van der Waals surface area (Å²) in [7, 11) is 0. The second kappa shape index (κ2) is 7.95. The van der Waals surface area contributed by atoms with E-state index in [9.17, 15) is 0 Å². The van der Waals surface area contributed by atoms with Crippen molar-refractivity contribution in [2.45, 2.75) is 32.2 Å².